The second kappa shape index (κ2) is 2.62. The summed E-state index contributed by atoms with van der Waals surface area (Å²) in [7, 11) is 0. The number of nitrogen functional groups attached to an aromatic ring is 1. The number of pyridine rings is 1. The average molecular weight is 174 g/mol. The lowest BCUT2D eigenvalue weighted by atomic mass is 10.2. The maximum atomic E-state index is 10.8. The number of fused-ring (bicyclic) bond motifs is 1. The molecule has 2 N–H and O–H groups in total. The predicted octanol–water partition coefficient (Wildman–Crippen LogP) is 1.64. The van der Waals surface area contributed by atoms with Crippen molar-refractivity contribution in [3.05, 3.63) is 35.7 Å². The Morgan fingerprint density at radius 3 is 2.92 bits per heavy atom. The van der Waals surface area contributed by atoms with E-state index in [2.05, 4.69) is 0 Å². The van der Waals surface area contributed by atoms with Crippen LogP contribution in [0.3, 0.4) is 0 Å². The van der Waals surface area contributed by atoms with E-state index in [1.807, 2.05) is 31.3 Å². The number of nitrogens with zero attached hydrogens (tertiary/aromatic N) is 1. The van der Waals surface area contributed by atoms with Crippen molar-refractivity contribution in [3.8, 4) is 0 Å². The lowest BCUT2D eigenvalue weighted by Gasteiger charge is -1.94. The van der Waals surface area contributed by atoms with Crippen LogP contribution >= 0.6 is 0 Å². The highest BCUT2D eigenvalue weighted by atomic mass is 16.1. The number of nitrogens with two attached hydrogens (primary N) is 1. The third-order valence-corrected chi connectivity index (χ3v) is 2.30. The lowest BCUT2D eigenvalue weighted by molar-refractivity contribution is 0.111. The maximum Gasteiger partial charge on any atom is 0.167 e. The molecule has 0 unspecified atom stereocenters. The van der Waals surface area contributed by atoms with Crippen molar-refractivity contribution < 1.29 is 4.79 Å². The first-order valence-electron chi connectivity index (χ1n) is 4.06. The highest BCUT2D eigenvalue weighted by molar-refractivity contribution is 5.87. The molecule has 2 aromatic rings. The van der Waals surface area contributed by atoms with E-state index < -0.39 is 0 Å². The van der Waals surface area contributed by atoms with Gasteiger partial charge in [0.25, 0.3) is 0 Å². The average Bonchev–Trinajstić information content (AvgIpc) is 2.41. The molecule has 0 saturated heterocycles. The van der Waals surface area contributed by atoms with Crippen LogP contribution in [0.1, 0.15) is 16.1 Å². The van der Waals surface area contributed by atoms with Crippen LogP contribution in [0.5, 0.6) is 0 Å². The van der Waals surface area contributed by atoms with Crippen LogP contribution in [0.25, 0.3) is 5.52 Å². The number of hydrogen-bond acceptors (Lipinski definition) is 2. The van der Waals surface area contributed by atoms with Gasteiger partial charge in [-0.05, 0) is 19.1 Å². The number of aromatic nitrogens is 1. The zero-order valence-corrected chi connectivity index (χ0v) is 7.32. The predicted molar refractivity (Wildman–Crippen MR) is 51.9 cm³/mol. The van der Waals surface area contributed by atoms with Crippen molar-refractivity contribution in [1.29, 1.82) is 0 Å². The first-order chi connectivity index (χ1) is 6.25. The van der Waals surface area contributed by atoms with Gasteiger partial charge >= 0.3 is 0 Å². The molecule has 0 radical (unpaired) electrons. The Bertz CT molecular complexity index is 471. The van der Waals surface area contributed by atoms with E-state index >= 15 is 0 Å². The van der Waals surface area contributed by atoms with Gasteiger partial charge in [-0.2, -0.15) is 0 Å². The Hall–Kier alpha value is -1.77. The van der Waals surface area contributed by atoms with Gasteiger partial charge in [0.05, 0.1) is 16.9 Å². The summed E-state index contributed by atoms with van der Waals surface area (Å²) < 4.78 is 1.80. The minimum atomic E-state index is 0.633. The standard InChI is InChI=1S/C10H10N2O/c1-7-9(6-13)12-5-3-2-4-8(12)10(7)11/h2-6H,11H2,1H3. The Kier molecular flexibility index (Phi) is 1.59. The van der Waals surface area contributed by atoms with Gasteiger partial charge in [-0.1, -0.05) is 6.07 Å². The molecule has 66 valence electrons. The van der Waals surface area contributed by atoms with Crippen LogP contribution in [0, 0.1) is 6.92 Å². The molecular weight excluding hydrogens is 164 g/mol. The molecule has 2 rings (SSSR count). The molecule has 3 nitrogen and oxygen atoms in total. The molecule has 0 aromatic carbocycles. The van der Waals surface area contributed by atoms with Gasteiger partial charge in [-0.3, -0.25) is 4.79 Å². The quantitative estimate of drug-likeness (QED) is 0.668. The molecule has 3 heteroatoms. The van der Waals surface area contributed by atoms with Gasteiger partial charge in [0.2, 0.25) is 0 Å². The number of anilines is 1. The zero-order chi connectivity index (χ0) is 9.42. The third-order valence-electron chi connectivity index (χ3n) is 2.30. The molecule has 0 fully saturated rings. The summed E-state index contributed by atoms with van der Waals surface area (Å²) in [5.74, 6) is 0. The summed E-state index contributed by atoms with van der Waals surface area (Å²) in [6.45, 7) is 1.85. The second-order valence-electron chi connectivity index (χ2n) is 3.00. The lowest BCUT2D eigenvalue weighted by Crippen LogP contribution is -1.90. The minimum absolute atomic E-state index is 0.633. The van der Waals surface area contributed by atoms with Crippen LogP contribution in [0.2, 0.25) is 0 Å². The molecule has 0 atom stereocenters. The van der Waals surface area contributed by atoms with Gasteiger partial charge in [-0.25, -0.2) is 0 Å². The SMILES string of the molecule is Cc1c(N)c2ccccn2c1C=O. The Labute approximate surface area is 75.8 Å². The van der Waals surface area contributed by atoms with Crippen LogP contribution in [-0.2, 0) is 0 Å². The van der Waals surface area contributed by atoms with Crippen molar-refractivity contribution in [3.63, 3.8) is 0 Å². The maximum absolute atomic E-state index is 10.8. The molecule has 2 heterocycles. The van der Waals surface area contributed by atoms with Gasteiger partial charge in [-0.15, -0.1) is 0 Å². The van der Waals surface area contributed by atoms with Gasteiger partial charge < -0.3 is 10.1 Å². The largest absolute Gasteiger partial charge is 0.397 e. The van der Waals surface area contributed by atoms with E-state index in [9.17, 15) is 4.79 Å². The third kappa shape index (κ3) is 0.935. The Balaban J connectivity index is 2.98. The summed E-state index contributed by atoms with van der Waals surface area (Å²) in [6.07, 6.45) is 2.67. The van der Waals surface area contributed by atoms with E-state index in [4.69, 9.17) is 5.73 Å². The van der Waals surface area contributed by atoms with E-state index in [1.54, 1.807) is 4.40 Å². The highest BCUT2D eigenvalue weighted by Crippen LogP contribution is 2.23. The number of aldehydes is 1. The molecule has 0 aliphatic heterocycles. The Morgan fingerprint density at radius 2 is 2.23 bits per heavy atom. The zero-order valence-electron chi connectivity index (χ0n) is 7.32. The molecule has 13 heavy (non-hydrogen) atoms. The molecule has 0 aliphatic carbocycles. The highest BCUT2D eigenvalue weighted by Gasteiger charge is 2.10. The van der Waals surface area contributed by atoms with Gasteiger partial charge in [0.1, 0.15) is 0 Å². The summed E-state index contributed by atoms with van der Waals surface area (Å²) in [6, 6.07) is 5.67. The minimum Gasteiger partial charge on any atom is -0.397 e. The van der Waals surface area contributed by atoms with Gasteiger partial charge in [0.15, 0.2) is 6.29 Å². The number of carbonyl (C=O) groups is 1. The van der Waals surface area contributed by atoms with E-state index in [0.717, 1.165) is 17.4 Å². The van der Waals surface area contributed by atoms with Crippen molar-refractivity contribution in [2.24, 2.45) is 0 Å². The summed E-state index contributed by atoms with van der Waals surface area (Å²) in [5, 5.41) is 0. The molecule has 2 aromatic heterocycles. The summed E-state index contributed by atoms with van der Waals surface area (Å²) in [4.78, 5) is 10.8. The van der Waals surface area contributed by atoms with Gasteiger partial charge in [0, 0.05) is 11.8 Å². The number of hydrogen-bond donors (Lipinski definition) is 1. The molecule has 0 saturated carbocycles. The van der Waals surface area contributed by atoms with Crippen molar-refractivity contribution in [1.82, 2.24) is 4.40 Å². The smallest absolute Gasteiger partial charge is 0.167 e. The summed E-state index contributed by atoms with van der Waals surface area (Å²) in [5.41, 5.74) is 8.89. The topological polar surface area (TPSA) is 47.5 Å². The van der Waals surface area contributed by atoms with E-state index in [-0.39, 0.29) is 0 Å². The molecular formula is C10H10N2O. The van der Waals surface area contributed by atoms with E-state index in [0.29, 0.717) is 11.4 Å². The summed E-state index contributed by atoms with van der Waals surface area (Å²) >= 11 is 0. The van der Waals surface area contributed by atoms with Crippen LogP contribution in [-0.4, -0.2) is 10.7 Å². The number of rotatable bonds is 1. The first-order valence-corrected chi connectivity index (χ1v) is 4.06. The normalized spacial score (nSPS) is 10.5. The monoisotopic (exact) mass is 174 g/mol. The van der Waals surface area contributed by atoms with Crippen LogP contribution in [0.4, 0.5) is 5.69 Å². The molecule has 0 aliphatic rings. The van der Waals surface area contributed by atoms with Crippen molar-refractivity contribution in [2.75, 3.05) is 5.73 Å². The van der Waals surface area contributed by atoms with E-state index in [1.165, 1.54) is 0 Å². The fourth-order valence-electron chi connectivity index (χ4n) is 1.53. The molecule has 0 bridgehead atoms. The Morgan fingerprint density at radius 1 is 1.46 bits per heavy atom. The fourth-order valence-corrected chi connectivity index (χ4v) is 1.53. The second-order valence-corrected chi connectivity index (χ2v) is 3.00. The molecule has 0 amide bonds. The molecule has 0 spiro atoms. The van der Waals surface area contributed by atoms with Crippen LogP contribution < -0.4 is 5.73 Å². The number of carbonyl (C=O) groups excluding carboxylic acids is 1. The van der Waals surface area contributed by atoms with Crippen molar-refractivity contribution >= 4 is 17.5 Å². The fraction of sp³-hybridized carbons (Fsp3) is 0.100. The first kappa shape index (κ1) is 7.86. The van der Waals surface area contributed by atoms with Crippen LogP contribution in [0.15, 0.2) is 24.4 Å². The van der Waals surface area contributed by atoms with Crippen molar-refractivity contribution in [2.45, 2.75) is 6.92 Å².